The van der Waals surface area contributed by atoms with E-state index in [0.717, 1.165) is 24.8 Å². The lowest BCUT2D eigenvalue weighted by Crippen LogP contribution is -2.40. The van der Waals surface area contributed by atoms with E-state index >= 15 is 0 Å². The lowest BCUT2D eigenvalue weighted by molar-refractivity contribution is -0.0945. The average Bonchev–Trinajstić information content (AvgIpc) is 2.12. The summed E-state index contributed by atoms with van der Waals surface area (Å²) in [6.07, 6.45) is 2.01. The highest BCUT2D eigenvalue weighted by molar-refractivity contribution is 4.91. The van der Waals surface area contributed by atoms with Crippen LogP contribution in [-0.2, 0) is 4.74 Å². The maximum Gasteiger partial charge on any atom is 0.0905 e. The summed E-state index contributed by atoms with van der Waals surface area (Å²) in [5, 5.41) is 9.85. The molecule has 13 heavy (non-hydrogen) atoms. The highest BCUT2D eigenvalue weighted by Gasteiger charge is 2.30. The van der Waals surface area contributed by atoms with Gasteiger partial charge in [-0.1, -0.05) is 12.5 Å². The van der Waals surface area contributed by atoms with E-state index in [0.29, 0.717) is 0 Å². The van der Waals surface area contributed by atoms with E-state index in [4.69, 9.17) is 4.74 Å². The summed E-state index contributed by atoms with van der Waals surface area (Å²) in [4.78, 5) is 0. The lowest BCUT2D eigenvalue weighted by atomic mass is 9.91. The Balaban J connectivity index is 4.06. The highest BCUT2D eigenvalue weighted by Crippen LogP contribution is 2.23. The minimum absolute atomic E-state index is 0.404. The van der Waals surface area contributed by atoms with Crippen molar-refractivity contribution in [3.05, 3.63) is 12.2 Å². The molecule has 0 saturated heterocycles. The number of allylic oxidation sites excluding steroid dienone is 1. The van der Waals surface area contributed by atoms with Crippen molar-refractivity contribution in [2.45, 2.75) is 51.7 Å². The Kier molecular flexibility index (Phi) is 5.26. The molecule has 1 N–H and O–H groups in total. The van der Waals surface area contributed by atoms with Gasteiger partial charge in [0.05, 0.1) is 11.7 Å². The van der Waals surface area contributed by atoms with Crippen LogP contribution in [0.3, 0.4) is 0 Å². The topological polar surface area (TPSA) is 29.5 Å². The van der Waals surface area contributed by atoms with Crippen LogP contribution in [0.15, 0.2) is 12.2 Å². The standard InChI is InChI=1S/C11H22O2/c1-6-11(4,13-5)10(12)8-7-9(2)3/h10,12H,2,6-8H2,1,3-5H3. The van der Waals surface area contributed by atoms with E-state index in [-0.39, 0.29) is 0 Å². The molecule has 0 rings (SSSR count). The molecular weight excluding hydrogens is 164 g/mol. The van der Waals surface area contributed by atoms with Crippen LogP contribution in [0.5, 0.6) is 0 Å². The maximum atomic E-state index is 9.85. The fourth-order valence-corrected chi connectivity index (χ4v) is 1.20. The second-order valence-corrected chi connectivity index (χ2v) is 3.88. The summed E-state index contributed by atoms with van der Waals surface area (Å²) < 4.78 is 5.30. The molecule has 0 spiro atoms. The summed E-state index contributed by atoms with van der Waals surface area (Å²) in [7, 11) is 1.65. The van der Waals surface area contributed by atoms with Gasteiger partial charge in [0, 0.05) is 7.11 Å². The van der Waals surface area contributed by atoms with E-state index in [2.05, 4.69) is 6.58 Å². The van der Waals surface area contributed by atoms with Crippen LogP contribution in [-0.4, -0.2) is 23.9 Å². The third kappa shape index (κ3) is 3.92. The number of aliphatic hydroxyl groups excluding tert-OH is 1. The van der Waals surface area contributed by atoms with E-state index in [1.54, 1.807) is 7.11 Å². The van der Waals surface area contributed by atoms with Gasteiger partial charge in [0.1, 0.15) is 0 Å². The first-order valence-corrected chi connectivity index (χ1v) is 4.84. The van der Waals surface area contributed by atoms with Crippen LogP contribution in [0, 0.1) is 0 Å². The average molecular weight is 186 g/mol. The smallest absolute Gasteiger partial charge is 0.0905 e. The molecule has 0 aromatic rings. The van der Waals surface area contributed by atoms with Gasteiger partial charge >= 0.3 is 0 Å². The quantitative estimate of drug-likeness (QED) is 0.646. The van der Waals surface area contributed by atoms with Crippen molar-refractivity contribution < 1.29 is 9.84 Å². The molecule has 78 valence electrons. The zero-order valence-corrected chi connectivity index (χ0v) is 9.26. The molecule has 2 unspecified atom stereocenters. The van der Waals surface area contributed by atoms with Gasteiger partial charge in [-0.3, -0.25) is 0 Å². The molecule has 2 nitrogen and oxygen atoms in total. The fraction of sp³-hybridized carbons (Fsp3) is 0.818. The van der Waals surface area contributed by atoms with Crippen molar-refractivity contribution in [3.63, 3.8) is 0 Å². The first kappa shape index (κ1) is 12.7. The zero-order valence-electron chi connectivity index (χ0n) is 9.26. The number of ether oxygens (including phenoxy) is 1. The van der Waals surface area contributed by atoms with Crippen molar-refractivity contribution in [3.8, 4) is 0 Å². The van der Waals surface area contributed by atoms with Gasteiger partial charge in [-0.25, -0.2) is 0 Å². The van der Waals surface area contributed by atoms with Gasteiger partial charge in [0.15, 0.2) is 0 Å². The van der Waals surface area contributed by atoms with E-state index in [1.807, 2.05) is 20.8 Å². The molecule has 0 aliphatic heterocycles. The number of methoxy groups -OCH3 is 1. The predicted molar refractivity (Wildman–Crippen MR) is 55.8 cm³/mol. The Morgan fingerprint density at radius 3 is 2.46 bits per heavy atom. The van der Waals surface area contributed by atoms with Crippen LogP contribution in [0.25, 0.3) is 0 Å². The summed E-state index contributed by atoms with van der Waals surface area (Å²) in [5.74, 6) is 0. The first-order chi connectivity index (χ1) is 5.96. The Bertz CT molecular complexity index is 159. The van der Waals surface area contributed by atoms with Crippen LogP contribution >= 0.6 is 0 Å². The van der Waals surface area contributed by atoms with Gasteiger partial charge in [-0.15, -0.1) is 6.58 Å². The predicted octanol–water partition coefficient (Wildman–Crippen LogP) is 2.52. The van der Waals surface area contributed by atoms with E-state index in [9.17, 15) is 5.11 Å². The van der Waals surface area contributed by atoms with Crippen LogP contribution in [0.4, 0.5) is 0 Å². The molecule has 0 aromatic carbocycles. The Labute approximate surface area is 81.6 Å². The number of hydrogen-bond donors (Lipinski definition) is 1. The molecule has 0 radical (unpaired) electrons. The van der Waals surface area contributed by atoms with Crippen LogP contribution in [0.2, 0.25) is 0 Å². The summed E-state index contributed by atoms with van der Waals surface area (Å²) in [6.45, 7) is 9.75. The number of rotatable bonds is 6. The molecule has 0 fully saturated rings. The van der Waals surface area contributed by atoms with Gasteiger partial charge in [0.25, 0.3) is 0 Å². The van der Waals surface area contributed by atoms with Crippen molar-refractivity contribution in [2.24, 2.45) is 0 Å². The molecule has 0 heterocycles. The van der Waals surface area contributed by atoms with Crippen molar-refractivity contribution in [1.82, 2.24) is 0 Å². The van der Waals surface area contributed by atoms with Gasteiger partial charge in [-0.05, 0) is 33.1 Å². The third-order valence-electron chi connectivity index (χ3n) is 2.72. The zero-order chi connectivity index (χ0) is 10.5. The van der Waals surface area contributed by atoms with Crippen LogP contribution < -0.4 is 0 Å². The van der Waals surface area contributed by atoms with Crippen LogP contribution in [0.1, 0.15) is 40.0 Å². The number of aliphatic hydroxyl groups is 1. The van der Waals surface area contributed by atoms with E-state index < -0.39 is 11.7 Å². The molecular formula is C11H22O2. The Morgan fingerprint density at radius 1 is 1.62 bits per heavy atom. The second-order valence-electron chi connectivity index (χ2n) is 3.88. The molecule has 2 atom stereocenters. The van der Waals surface area contributed by atoms with Gasteiger partial charge in [0.2, 0.25) is 0 Å². The molecule has 2 heteroatoms. The SMILES string of the molecule is C=C(C)CCC(O)C(C)(CC)OC. The lowest BCUT2D eigenvalue weighted by Gasteiger charge is -2.32. The number of hydrogen-bond acceptors (Lipinski definition) is 2. The summed E-state index contributed by atoms with van der Waals surface area (Å²) >= 11 is 0. The van der Waals surface area contributed by atoms with Gasteiger partial charge in [-0.2, -0.15) is 0 Å². The minimum Gasteiger partial charge on any atom is -0.390 e. The fourth-order valence-electron chi connectivity index (χ4n) is 1.20. The second kappa shape index (κ2) is 5.40. The molecule has 0 amide bonds. The molecule has 0 saturated carbocycles. The van der Waals surface area contributed by atoms with E-state index in [1.165, 1.54) is 0 Å². The summed E-state index contributed by atoms with van der Waals surface area (Å²) in [6, 6.07) is 0. The molecule has 0 aromatic heterocycles. The minimum atomic E-state index is -0.407. The third-order valence-corrected chi connectivity index (χ3v) is 2.72. The highest BCUT2D eigenvalue weighted by atomic mass is 16.5. The largest absolute Gasteiger partial charge is 0.390 e. The monoisotopic (exact) mass is 186 g/mol. The van der Waals surface area contributed by atoms with Crippen molar-refractivity contribution in [1.29, 1.82) is 0 Å². The van der Waals surface area contributed by atoms with Gasteiger partial charge < -0.3 is 9.84 Å². The first-order valence-electron chi connectivity index (χ1n) is 4.84. The summed E-state index contributed by atoms with van der Waals surface area (Å²) in [5.41, 5.74) is 0.698. The molecule has 0 bridgehead atoms. The normalized spacial score (nSPS) is 17.9. The van der Waals surface area contributed by atoms with Crippen molar-refractivity contribution >= 4 is 0 Å². The molecule has 0 aliphatic carbocycles. The molecule has 0 aliphatic rings. The van der Waals surface area contributed by atoms with Crippen molar-refractivity contribution in [2.75, 3.05) is 7.11 Å². The maximum absolute atomic E-state index is 9.85. The Hall–Kier alpha value is -0.340. The Morgan fingerprint density at radius 2 is 2.15 bits per heavy atom.